The van der Waals surface area contributed by atoms with E-state index in [0.717, 1.165) is 42.6 Å². The minimum Gasteiger partial charge on any atom is -0.497 e. The van der Waals surface area contributed by atoms with E-state index in [2.05, 4.69) is 10.2 Å². The molecule has 0 saturated carbocycles. The van der Waals surface area contributed by atoms with Crippen LogP contribution in [0.1, 0.15) is 35.3 Å². The molecule has 1 amide bonds. The number of amides is 1. The van der Waals surface area contributed by atoms with Gasteiger partial charge < -0.3 is 9.64 Å². The van der Waals surface area contributed by atoms with Gasteiger partial charge in [0.05, 0.1) is 12.8 Å². The normalized spacial score (nSPS) is 10.7. The van der Waals surface area contributed by atoms with E-state index in [-0.39, 0.29) is 11.7 Å². The van der Waals surface area contributed by atoms with Gasteiger partial charge in [-0.15, -0.1) is 0 Å². The van der Waals surface area contributed by atoms with Crippen molar-refractivity contribution in [2.24, 2.45) is 0 Å². The van der Waals surface area contributed by atoms with E-state index >= 15 is 0 Å². The van der Waals surface area contributed by atoms with Crippen LogP contribution in [-0.4, -0.2) is 41.7 Å². The van der Waals surface area contributed by atoms with Crippen LogP contribution >= 0.6 is 0 Å². The lowest BCUT2D eigenvalue weighted by Gasteiger charge is -2.17. The maximum absolute atomic E-state index is 13.0. The van der Waals surface area contributed by atoms with Gasteiger partial charge in [0.1, 0.15) is 11.6 Å². The summed E-state index contributed by atoms with van der Waals surface area (Å²) in [6, 6.07) is 15.5. The molecule has 6 heteroatoms. The molecule has 0 aliphatic carbocycles. The van der Waals surface area contributed by atoms with Gasteiger partial charge in [0.2, 0.25) is 0 Å². The molecule has 2 aromatic carbocycles. The second-order valence-electron chi connectivity index (χ2n) is 7.05. The van der Waals surface area contributed by atoms with Crippen molar-refractivity contribution in [3.63, 3.8) is 0 Å². The summed E-state index contributed by atoms with van der Waals surface area (Å²) >= 11 is 0. The van der Waals surface area contributed by atoms with E-state index in [1.165, 1.54) is 12.1 Å². The van der Waals surface area contributed by atoms with Crippen LogP contribution in [0.25, 0.3) is 11.3 Å². The highest BCUT2D eigenvalue weighted by Gasteiger charge is 2.12. The second kappa shape index (κ2) is 9.87. The van der Waals surface area contributed by atoms with E-state index < -0.39 is 0 Å². The average molecular weight is 395 g/mol. The van der Waals surface area contributed by atoms with Crippen LogP contribution in [0.5, 0.6) is 5.75 Å². The number of carbonyl (C=O) groups excluding carboxylic acids is 1. The van der Waals surface area contributed by atoms with Crippen molar-refractivity contribution in [1.82, 2.24) is 15.1 Å². The highest BCUT2D eigenvalue weighted by molar-refractivity contribution is 5.94. The van der Waals surface area contributed by atoms with Crippen LogP contribution in [0.2, 0.25) is 0 Å². The second-order valence-corrected chi connectivity index (χ2v) is 7.05. The molecule has 152 valence electrons. The molecule has 3 aromatic rings. The number of benzene rings is 2. The lowest BCUT2D eigenvalue weighted by molar-refractivity contribution is 0.0792. The summed E-state index contributed by atoms with van der Waals surface area (Å²) in [7, 11) is 3.42. The summed E-state index contributed by atoms with van der Waals surface area (Å²) in [6.45, 7) is 0.708. The van der Waals surface area contributed by atoms with Crippen LogP contribution in [0.3, 0.4) is 0 Å². The standard InChI is InChI=1S/C23H26FN3O2/c1-27(23(28)18-7-6-9-21(15-18)29-2)14-5-3-4-8-20-16-22(26-25-20)17-10-12-19(24)13-11-17/h6-7,9-13,15-16H,3-5,8,14H2,1-2H3,(H,25,26). The Bertz CT molecular complexity index is 937. The molecule has 3 rings (SSSR count). The Morgan fingerprint density at radius 1 is 1.10 bits per heavy atom. The number of H-pyrrole nitrogens is 1. The van der Waals surface area contributed by atoms with Gasteiger partial charge in [0.15, 0.2) is 0 Å². The molecule has 0 radical (unpaired) electrons. The van der Waals surface area contributed by atoms with Gasteiger partial charge in [0.25, 0.3) is 5.91 Å². The number of hydrogen-bond acceptors (Lipinski definition) is 3. The number of aromatic nitrogens is 2. The van der Waals surface area contributed by atoms with E-state index in [4.69, 9.17) is 4.74 Å². The summed E-state index contributed by atoms with van der Waals surface area (Å²) in [6.07, 6.45) is 3.85. The minimum absolute atomic E-state index is 0.00130. The monoisotopic (exact) mass is 395 g/mol. The number of ether oxygens (including phenoxy) is 1. The predicted molar refractivity (Wildman–Crippen MR) is 111 cm³/mol. The first-order valence-electron chi connectivity index (χ1n) is 9.76. The molecule has 0 atom stereocenters. The predicted octanol–water partition coefficient (Wildman–Crippen LogP) is 4.71. The molecule has 29 heavy (non-hydrogen) atoms. The summed E-state index contributed by atoms with van der Waals surface area (Å²) < 4.78 is 18.2. The Morgan fingerprint density at radius 2 is 1.90 bits per heavy atom. The third kappa shape index (κ3) is 5.67. The summed E-state index contributed by atoms with van der Waals surface area (Å²) in [5.41, 5.74) is 3.41. The van der Waals surface area contributed by atoms with Crippen LogP contribution in [0.15, 0.2) is 54.6 Å². The molecule has 0 unspecified atom stereocenters. The number of unbranched alkanes of at least 4 members (excludes halogenated alkanes) is 2. The summed E-state index contributed by atoms with van der Waals surface area (Å²) in [4.78, 5) is 14.2. The zero-order chi connectivity index (χ0) is 20.6. The molecule has 0 bridgehead atoms. The molecule has 0 saturated heterocycles. The smallest absolute Gasteiger partial charge is 0.253 e. The molecular formula is C23H26FN3O2. The fraction of sp³-hybridized carbons (Fsp3) is 0.304. The van der Waals surface area contributed by atoms with Crippen molar-refractivity contribution in [3.05, 3.63) is 71.7 Å². The summed E-state index contributed by atoms with van der Waals surface area (Å²) in [5.74, 6) is 0.435. The molecule has 0 aliphatic heterocycles. The van der Waals surface area contributed by atoms with E-state index in [1.54, 1.807) is 36.3 Å². The number of halogens is 1. The number of nitrogens with one attached hydrogen (secondary N) is 1. The molecule has 5 nitrogen and oxygen atoms in total. The van der Waals surface area contributed by atoms with E-state index in [0.29, 0.717) is 17.9 Å². The Morgan fingerprint density at radius 3 is 2.66 bits per heavy atom. The topological polar surface area (TPSA) is 58.2 Å². The third-order valence-electron chi connectivity index (χ3n) is 4.87. The first-order chi connectivity index (χ1) is 14.1. The number of methoxy groups -OCH3 is 1. The molecule has 1 N–H and O–H groups in total. The number of nitrogens with zero attached hydrogens (tertiary/aromatic N) is 2. The Kier molecular flexibility index (Phi) is 7.00. The van der Waals surface area contributed by atoms with Crippen molar-refractivity contribution >= 4 is 5.91 Å². The van der Waals surface area contributed by atoms with Crippen LogP contribution < -0.4 is 4.74 Å². The van der Waals surface area contributed by atoms with Gasteiger partial charge in [-0.2, -0.15) is 5.10 Å². The van der Waals surface area contributed by atoms with Crippen molar-refractivity contribution in [1.29, 1.82) is 0 Å². The van der Waals surface area contributed by atoms with Crippen molar-refractivity contribution in [3.8, 4) is 17.0 Å². The van der Waals surface area contributed by atoms with Gasteiger partial charge in [-0.05, 0) is 67.8 Å². The third-order valence-corrected chi connectivity index (χ3v) is 4.87. The van der Waals surface area contributed by atoms with Crippen molar-refractivity contribution < 1.29 is 13.9 Å². The van der Waals surface area contributed by atoms with Crippen molar-refractivity contribution in [2.75, 3.05) is 20.7 Å². The number of rotatable bonds is 9. The average Bonchev–Trinajstić information content (AvgIpc) is 3.22. The Labute approximate surface area is 170 Å². The number of aryl methyl sites for hydroxylation is 1. The highest BCUT2D eigenvalue weighted by Crippen LogP contribution is 2.19. The molecule has 1 aromatic heterocycles. The molecular weight excluding hydrogens is 369 g/mol. The first-order valence-corrected chi connectivity index (χ1v) is 9.76. The fourth-order valence-corrected chi connectivity index (χ4v) is 3.18. The number of carbonyl (C=O) groups is 1. The maximum atomic E-state index is 13.0. The SMILES string of the molecule is COc1cccc(C(=O)N(C)CCCCCc2cc(-c3ccc(F)cc3)n[nH]2)c1. The maximum Gasteiger partial charge on any atom is 0.253 e. The zero-order valence-corrected chi connectivity index (χ0v) is 16.8. The molecule has 0 spiro atoms. The fourth-order valence-electron chi connectivity index (χ4n) is 3.18. The lowest BCUT2D eigenvalue weighted by atomic mass is 10.1. The highest BCUT2D eigenvalue weighted by atomic mass is 19.1. The molecule has 0 aliphatic rings. The van der Waals surface area contributed by atoms with Gasteiger partial charge in [-0.25, -0.2) is 4.39 Å². The van der Waals surface area contributed by atoms with Crippen LogP contribution in [0.4, 0.5) is 4.39 Å². The number of aromatic amines is 1. The van der Waals surface area contributed by atoms with E-state index in [1.807, 2.05) is 25.2 Å². The largest absolute Gasteiger partial charge is 0.497 e. The van der Waals surface area contributed by atoms with Gasteiger partial charge in [-0.3, -0.25) is 9.89 Å². The van der Waals surface area contributed by atoms with Crippen molar-refractivity contribution in [2.45, 2.75) is 25.7 Å². The first kappa shape index (κ1) is 20.6. The quantitative estimate of drug-likeness (QED) is 0.534. The van der Waals surface area contributed by atoms with Gasteiger partial charge >= 0.3 is 0 Å². The Hall–Kier alpha value is -3.15. The van der Waals surface area contributed by atoms with E-state index in [9.17, 15) is 9.18 Å². The zero-order valence-electron chi connectivity index (χ0n) is 16.8. The summed E-state index contributed by atoms with van der Waals surface area (Å²) in [5, 5.41) is 7.35. The Balaban J connectivity index is 1.40. The molecule has 1 heterocycles. The lowest BCUT2D eigenvalue weighted by Crippen LogP contribution is -2.27. The molecule has 0 fully saturated rings. The van der Waals surface area contributed by atoms with Gasteiger partial charge in [-0.1, -0.05) is 12.5 Å². The van der Waals surface area contributed by atoms with Crippen LogP contribution in [-0.2, 0) is 6.42 Å². The minimum atomic E-state index is -0.251. The number of hydrogen-bond donors (Lipinski definition) is 1. The van der Waals surface area contributed by atoms with Gasteiger partial charge in [0, 0.05) is 30.4 Å². The van der Waals surface area contributed by atoms with Crippen LogP contribution in [0, 0.1) is 5.82 Å².